The number of nitrogens with zero attached hydrogens (tertiary/aromatic N) is 4. The molecule has 0 fully saturated rings. The Morgan fingerprint density at radius 3 is 2.59 bits per heavy atom. The van der Waals surface area contributed by atoms with Crippen LogP contribution < -0.4 is 5.56 Å². The fourth-order valence-electron chi connectivity index (χ4n) is 2.81. The minimum atomic E-state index is -1.13. The summed E-state index contributed by atoms with van der Waals surface area (Å²) in [5.74, 6) is 0.879. The molecule has 0 bridgehead atoms. The summed E-state index contributed by atoms with van der Waals surface area (Å²) in [6.07, 6.45) is 2.87. The SMILES string of the molecule is Cc1c(C(C)(C)O)cnn(Cc2nc(CCc3ccc(Cl)cc3)no2)c1=O. The molecule has 27 heavy (non-hydrogen) atoms. The van der Waals surface area contributed by atoms with E-state index >= 15 is 0 Å². The number of hydrogen-bond acceptors (Lipinski definition) is 6. The molecule has 0 spiro atoms. The van der Waals surface area contributed by atoms with Gasteiger partial charge in [0.05, 0.1) is 11.8 Å². The molecule has 1 N–H and O–H groups in total. The molecule has 0 atom stereocenters. The highest BCUT2D eigenvalue weighted by atomic mass is 35.5. The van der Waals surface area contributed by atoms with Crippen LogP contribution in [-0.2, 0) is 25.0 Å². The number of benzene rings is 1. The molecule has 0 saturated carbocycles. The third kappa shape index (κ3) is 4.61. The van der Waals surface area contributed by atoms with Gasteiger partial charge in [0.2, 0.25) is 5.89 Å². The van der Waals surface area contributed by atoms with Gasteiger partial charge in [0.25, 0.3) is 5.56 Å². The second-order valence-corrected chi connectivity index (χ2v) is 7.37. The van der Waals surface area contributed by atoms with Gasteiger partial charge in [-0.25, -0.2) is 4.68 Å². The van der Waals surface area contributed by atoms with Crippen molar-refractivity contribution in [3.63, 3.8) is 0 Å². The summed E-state index contributed by atoms with van der Waals surface area (Å²) in [5.41, 5.74) is 0.643. The molecule has 0 amide bonds. The number of halogens is 1. The van der Waals surface area contributed by atoms with Crippen LogP contribution in [0.1, 0.15) is 42.3 Å². The molecule has 3 rings (SSSR count). The highest BCUT2D eigenvalue weighted by Crippen LogP contribution is 2.20. The van der Waals surface area contributed by atoms with Gasteiger partial charge in [-0.05, 0) is 44.9 Å². The van der Waals surface area contributed by atoms with Gasteiger partial charge in [0.1, 0.15) is 6.54 Å². The monoisotopic (exact) mass is 388 g/mol. The van der Waals surface area contributed by atoms with Crippen molar-refractivity contribution in [3.8, 4) is 0 Å². The van der Waals surface area contributed by atoms with Crippen LogP contribution in [0.5, 0.6) is 0 Å². The highest BCUT2D eigenvalue weighted by molar-refractivity contribution is 6.30. The fourth-order valence-corrected chi connectivity index (χ4v) is 2.93. The van der Waals surface area contributed by atoms with E-state index in [0.717, 1.165) is 12.0 Å². The summed E-state index contributed by atoms with van der Waals surface area (Å²) in [5, 5.41) is 18.9. The topological polar surface area (TPSA) is 94.0 Å². The third-order valence-corrected chi connectivity index (χ3v) is 4.54. The minimum absolute atomic E-state index is 0.0831. The second-order valence-electron chi connectivity index (χ2n) is 6.94. The van der Waals surface area contributed by atoms with Crippen molar-refractivity contribution in [2.45, 2.75) is 45.8 Å². The van der Waals surface area contributed by atoms with Gasteiger partial charge in [0.15, 0.2) is 5.82 Å². The summed E-state index contributed by atoms with van der Waals surface area (Å²) in [4.78, 5) is 16.8. The van der Waals surface area contributed by atoms with Crippen LogP contribution >= 0.6 is 11.6 Å². The molecule has 2 aromatic heterocycles. The van der Waals surface area contributed by atoms with Gasteiger partial charge in [-0.3, -0.25) is 4.79 Å². The molecule has 0 aliphatic heterocycles. The van der Waals surface area contributed by atoms with Gasteiger partial charge in [0, 0.05) is 22.6 Å². The average Bonchev–Trinajstić information content (AvgIpc) is 3.05. The van der Waals surface area contributed by atoms with Crippen molar-refractivity contribution in [1.82, 2.24) is 19.9 Å². The van der Waals surface area contributed by atoms with Gasteiger partial charge in [-0.15, -0.1) is 0 Å². The van der Waals surface area contributed by atoms with E-state index in [1.807, 2.05) is 24.3 Å². The Hall–Kier alpha value is -2.51. The summed E-state index contributed by atoms with van der Waals surface area (Å²) >= 11 is 5.88. The van der Waals surface area contributed by atoms with Crippen molar-refractivity contribution >= 4 is 11.6 Å². The molecule has 142 valence electrons. The molecule has 0 saturated heterocycles. The highest BCUT2D eigenvalue weighted by Gasteiger charge is 2.22. The Balaban J connectivity index is 1.70. The van der Waals surface area contributed by atoms with Gasteiger partial charge in [-0.1, -0.05) is 28.9 Å². The van der Waals surface area contributed by atoms with E-state index in [0.29, 0.717) is 34.3 Å². The predicted octanol–water partition coefficient (Wildman–Crippen LogP) is 2.65. The lowest BCUT2D eigenvalue weighted by Gasteiger charge is -2.19. The lowest BCUT2D eigenvalue weighted by Crippen LogP contribution is -2.30. The zero-order valence-electron chi connectivity index (χ0n) is 15.4. The quantitative estimate of drug-likeness (QED) is 0.697. The molecule has 0 aliphatic rings. The van der Waals surface area contributed by atoms with Gasteiger partial charge in [-0.2, -0.15) is 10.1 Å². The maximum Gasteiger partial charge on any atom is 0.270 e. The molecular formula is C19H21ClN4O3. The Bertz CT molecular complexity index is 987. The largest absolute Gasteiger partial charge is 0.386 e. The van der Waals surface area contributed by atoms with E-state index < -0.39 is 5.60 Å². The van der Waals surface area contributed by atoms with E-state index in [1.165, 1.54) is 10.9 Å². The summed E-state index contributed by atoms with van der Waals surface area (Å²) < 4.78 is 6.49. The van der Waals surface area contributed by atoms with E-state index in [9.17, 15) is 9.90 Å². The van der Waals surface area contributed by atoms with Crippen molar-refractivity contribution in [2.24, 2.45) is 0 Å². The zero-order chi connectivity index (χ0) is 19.6. The zero-order valence-corrected chi connectivity index (χ0v) is 16.2. The maximum absolute atomic E-state index is 12.5. The van der Waals surface area contributed by atoms with Crippen molar-refractivity contribution in [1.29, 1.82) is 0 Å². The van der Waals surface area contributed by atoms with Crippen molar-refractivity contribution in [3.05, 3.63) is 74.2 Å². The Kier molecular flexibility index (Phi) is 5.43. The minimum Gasteiger partial charge on any atom is -0.386 e. The normalized spacial score (nSPS) is 11.7. The molecule has 3 aromatic rings. The van der Waals surface area contributed by atoms with Crippen LogP contribution in [0.4, 0.5) is 0 Å². The van der Waals surface area contributed by atoms with Crippen LogP contribution in [0.2, 0.25) is 5.02 Å². The lowest BCUT2D eigenvalue weighted by atomic mass is 9.97. The molecule has 8 heteroatoms. The van der Waals surface area contributed by atoms with E-state index in [-0.39, 0.29) is 12.1 Å². The van der Waals surface area contributed by atoms with E-state index in [4.69, 9.17) is 16.1 Å². The number of hydrogen-bond donors (Lipinski definition) is 1. The molecule has 1 aromatic carbocycles. The van der Waals surface area contributed by atoms with E-state index in [2.05, 4.69) is 15.2 Å². The number of aromatic nitrogens is 4. The Labute approximate surface area is 161 Å². The van der Waals surface area contributed by atoms with Crippen LogP contribution in [0.3, 0.4) is 0 Å². The first-order valence-electron chi connectivity index (χ1n) is 8.59. The fraction of sp³-hybridized carbons (Fsp3) is 0.368. The summed E-state index contributed by atoms with van der Waals surface area (Å²) in [6.45, 7) is 4.98. The smallest absolute Gasteiger partial charge is 0.270 e. The van der Waals surface area contributed by atoms with Crippen LogP contribution in [0.25, 0.3) is 0 Å². The lowest BCUT2D eigenvalue weighted by molar-refractivity contribution is 0.0769. The van der Waals surface area contributed by atoms with Crippen molar-refractivity contribution < 1.29 is 9.63 Å². The number of rotatable bonds is 6. The number of aryl methyl sites for hydroxylation is 2. The van der Waals surface area contributed by atoms with Crippen LogP contribution in [0.15, 0.2) is 39.8 Å². The van der Waals surface area contributed by atoms with Crippen molar-refractivity contribution in [2.75, 3.05) is 0 Å². The molecule has 7 nitrogen and oxygen atoms in total. The molecular weight excluding hydrogens is 368 g/mol. The molecule has 2 heterocycles. The van der Waals surface area contributed by atoms with Crippen LogP contribution in [-0.4, -0.2) is 25.0 Å². The number of aliphatic hydroxyl groups is 1. The van der Waals surface area contributed by atoms with Gasteiger partial charge >= 0.3 is 0 Å². The summed E-state index contributed by atoms with van der Waals surface area (Å²) in [7, 11) is 0. The molecule has 0 unspecified atom stereocenters. The second kappa shape index (κ2) is 7.62. The van der Waals surface area contributed by atoms with Crippen LogP contribution in [0, 0.1) is 6.92 Å². The average molecular weight is 389 g/mol. The van der Waals surface area contributed by atoms with Gasteiger partial charge < -0.3 is 9.63 Å². The summed E-state index contributed by atoms with van der Waals surface area (Å²) in [6, 6.07) is 7.60. The predicted molar refractivity (Wildman–Crippen MR) is 101 cm³/mol. The maximum atomic E-state index is 12.5. The standard InChI is InChI=1S/C19H21ClN4O3/c1-12-15(19(2,3)26)10-21-24(18(12)25)11-17-22-16(23-27-17)9-6-13-4-7-14(20)8-5-13/h4-5,7-8,10,26H,6,9,11H2,1-3H3. The Morgan fingerprint density at radius 1 is 1.22 bits per heavy atom. The Morgan fingerprint density at radius 2 is 1.93 bits per heavy atom. The first kappa shape index (κ1) is 19.3. The molecule has 0 aliphatic carbocycles. The molecule has 0 radical (unpaired) electrons. The first-order valence-corrected chi connectivity index (χ1v) is 8.97. The third-order valence-electron chi connectivity index (χ3n) is 4.29. The first-order chi connectivity index (χ1) is 12.7. The van der Waals surface area contributed by atoms with E-state index in [1.54, 1.807) is 20.8 Å².